The average molecular weight is 358 g/mol. The van der Waals surface area contributed by atoms with Crippen molar-refractivity contribution in [2.45, 2.75) is 34.6 Å². The van der Waals surface area contributed by atoms with Gasteiger partial charge in [0.1, 0.15) is 10.8 Å². The molecule has 2 heterocycles. The van der Waals surface area contributed by atoms with Crippen molar-refractivity contribution in [1.82, 2.24) is 0 Å². The van der Waals surface area contributed by atoms with Crippen molar-refractivity contribution in [3.8, 4) is 0 Å². The highest BCUT2D eigenvalue weighted by Gasteiger charge is 2.46. The molecule has 0 aliphatic carbocycles. The van der Waals surface area contributed by atoms with E-state index in [0.717, 1.165) is 0 Å². The van der Waals surface area contributed by atoms with Gasteiger partial charge < -0.3 is 21.3 Å². The lowest BCUT2D eigenvalue weighted by atomic mass is 9.77. The Bertz CT molecular complexity index is 796. The van der Waals surface area contributed by atoms with Crippen LogP contribution in [0, 0.1) is 16.7 Å². The zero-order chi connectivity index (χ0) is 19.4. The Morgan fingerprint density at radius 1 is 0.654 bits per heavy atom. The second kappa shape index (κ2) is 5.55. The van der Waals surface area contributed by atoms with Gasteiger partial charge in [0.25, 0.3) is 0 Å². The largest absolute Gasteiger partial charge is 0.323 e. The number of amides is 4. The predicted molar refractivity (Wildman–Crippen MR) is 97.7 cm³/mol. The van der Waals surface area contributed by atoms with E-state index in [4.69, 9.17) is 0 Å². The molecule has 0 bridgehead atoms. The first-order valence-electron chi connectivity index (χ1n) is 8.41. The van der Waals surface area contributed by atoms with Gasteiger partial charge in [-0.15, -0.1) is 0 Å². The highest BCUT2D eigenvalue weighted by Crippen LogP contribution is 2.41. The van der Waals surface area contributed by atoms with Gasteiger partial charge >= 0.3 is 0 Å². The summed E-state index contributed by atoms with van der Waals surface area (Å²) >= 11 is 0. The number of hydrogen-bond acceptors (Lipinski definition) is 4. The molecule has 0 aromatic heterocycles. The molecule has 1 aromatic rings. The summed E-state index contributed by atoms with van der Waals surface area (Å²) in [5, 5.41) is 10.9. The molecule has 0 saturated heterocycles. The molecule has 8 nitrogen and oxygen atoms in total. The first-order valence-corrected chi connectivity index (χ1v) is 8.41. The van der Waals surface area contributed by atoms with E-state index in [0.29, 0.717) is 22.7 Å². The Kier molecular flexibility index (Phi) is 3.82. The fourth-order valence-electron chi connectivity index (χ4n) is 2.81. The highest BCUT2D eigenvalue weighted by molar-refractivity contribution is 6.22. The smallest absolute Gasteiger partial charge is 0.240 e. The maximum atomic E-state index is 12.7. The van der Waals surface area contributed by atoms with Crippen molar-refractivity contribution in [2.75, 3.05) is 21.3 Å². The summed E-state index contributed by atoms with van der Waals surface area (Å²) in [6, 6.07) is 3.07. The summed E-state index contributed by atoms with van der Waals surface area (Å²) in [5.41, 5.74) is -1.06. The first kappa shape index (κ1) is 17.9. The Hall–Kier alpha value is -2.90. The Morgan fingerprint density at radius 2 is 0.962 bits per heavy atom. The molecule has 4 N–H and O–H groups in total. The molecule has 0 atom stereocenters. The molecule has 138 valence electrons. The Labute approximate surface area is 151 Å². The molecule has 8 heteroatoms. The first-order chi connectivity index (χ1) is 12.0. The fraction of sp³-hybridized carbons (Fsp3) is 0.444. The third kappa shape index (κ3) is 2.44. The maximum Gasteiger partial charge on any atom is 0.240 e. The molecule has 3 rings (SSSR count). The van der Waals surface area contributed by atoms with Crippen LogP contribution in [0.5, 0.6) is 0 Å². The fourth-order valence-corrected chi connectivity index (χ4v) is 2.81. The van der Waals surface area contributed by atoms with E-state index in [1.54, 1.807) is 20.8 Å². The van der Waals surface area contributed by atoms with Gasteiger partial charge in [0.05, 0.1) is 22.7 Å². The van der Waals surface area contributed by atoms with Crippen LogP contribution in [0.4, 0.5) is 22.7 Å². The number of carbonyl (C=O) groups excluding carboxylic acids is 4. The standard InChI is InChI=1S/C18H22N4O4/c1-8(2)18(5)15(25)21-11-6-9-10(7-12(11)22-16(18)26)20-14(24)17(3,4)13(23)19-9/h6-8H,1-5H3,(H,19,23)(H,20,24)(H,21,25)(H,22,26). The minimum absolute atomic E-state index is 0.227. The number of hydrogen-bond donors (Lipinski definition) is 4. The van der Waals surface area contributed by atoms with E-state index in [-0.39, 0.29) is 5.92 Å². The van der Waals surface area contributed by atoms with Crippen molar-refractivity contribution < 1.29 is 19.2 Å². The quantitative estimate of drug-likeness (QED) is 0.576. The lowest BCUT2D eigenvalue weighted by Crippen LogP contribution is -2.45. The van der Waals surface area contributed by atoms with E-state index in [2.05, 4.69) is 21.3 Å². The second-order valence-corrected chi connectivity index (χ2v) is 7.74. The van der Waals surface area contributed by atoms with Crippen molar-refractivity contribution >= 4 is 46.4 Å². The maximum absolute atomic E-state index is 12.7. The number of anilines is 4. The third-order valence-corrected chi connectivity index (χ3v) is 5.38. The van der Waals surface area contributed by atoms with E-state index in [9.17, 15) is 19.2 Å². The molecule has 1 aromatic carbocycles. The van der Waals surface area contributed by atoms with E-state index >= 15 is 0 Å². The lowest BCUT2D eigenvalue weighted by molar-refractivity contribution is -0.139. The molecular weight excluding hydrogens is 336 g/mol. The van der Waals surface area contributed by atoms with E-state index < -0.39 is 34.5 Å². The van der Waals surface area contributed by atoms with Gasteiger partial charge in [-0.2, -0.15) is 0 Å². The van der Waals surface area contributed by atoms with Crippen molar-refractivity contribution in [1.29, 1.82) is 0 Å². The zero-order valence-electron chi connectivity index (χ0n) is 15.4. The van der Waals surface area contributed by atoms with Crippen LogP contribution in [-0.2, 0) is 19.2 Å². The van der Waals surface area contributed by atoms with Crippen LogP contribution in [0.15, 0.2) is 12.1 Å². The molecule has 0 spiro atoms. The zero-order valence-corrected chi connectivity index (χ0v) is 15.4. The number of carbonyl (C=O) groups is 4. The summed E-state index contributed by atoms with van der Waals surface area (Å²) in [7, 11) is 0. The van der Waals surface area contributed by atoms with Crippen LogP contribution in [0.25, 0.3) is 0 Å². The molecule has 0 radical (unpaired) electrons. The predicted octanol–water partition coefficient (Wildman–Crippen LogP) is 2.16. The van der Waals surface area contributed by atoms with Crippen LogP contribution >= 0.6 is 0 Å². The highest BCUT2D eigenvalue weighted by atomic mass is 16.2. The van der Waals surface area contributed by atoms with Gasteiger partial charge in [-0.05, 0) is 38.8 Å². The van der Waals surface area contributed by atoms with Crippen molar-refractivity contribution in [2.24, 2.45) is 16.7 Å². The average Bonchev–Trinajstić information content (AvgIpc) is 2.69. The van der Waals surface area contributed by atoms with Gasteiger partial charge in [0, 0.05) is 0 Å². The number of fused-ring (bicyclic) bond motifs is 2. The summed E-state index contributed by atoms with van der Waals surface area (Å²) in [5.74, 6) is -1.98. The molecule has 0 fully saturated rings. The topological polar surface area (TPSA) is 116 Å². The SMILES string of the molecule is CC(C)C1(C)C(=O)Nc2cc3c(cc2NC1=O)NC(=O)C(C)(C)C(=O)N3. The molecule has 2 aliphatic heterocycles. The minimum Gasteiger partial charge on any atom is -0.323 e. The minimum atomic E-state index is -1.25. The van der Waals surface area contributed by atoms with Crippen LogP contribution < -0.4 is 21.3 Å². The summed E-state index contributed by atoms with van der Waals surface area (Å²) in [6.07, 6.45) is 0. The van der Waals surface area contributed by atoms with Gasteiger partial charge in [-0.25, -0.2) is 0 Å². The van der Waals surface area contributed by atoms with Gasteiger partial charge in [0.2, 0.25) is 23.6 Å². The van der Waals surface area contributed by atoms with Gasteiger partial charge in [-0.3, -0.25) is 19.2 Å². The molecule has 4 amide bonds. The number of benzene rings is 1. The molecule has 0 saturated carbocycles. The van der Waals surface area contributed by atoms with Crippen LogP contribution in [0.2, 0.25) is 0 Å². The summed E-state index contributed by atoms with van der Waals surface area (Å²) in [6.45, 7) is 8.23. The normalized spacial score (nSPS) is 20.7. The number of nitrogens with one attached hydrogen (secondary N) is 4. The second-order valence-electron chi connectivity index (χ2n) is 7.74. The molecule has 0 unspecified atom stereocenters. The molecular formula is C18H22N4O4. The Morgan fingerprint density at radius 3 is 1.27 bits per heavy atom. The third-order valence-electron chi connectivity index (χ3n) is 5.38. The van der Waals surface area contributed by atoms with Crippen LogP contribution in [-0.4, -0.2) is 23.6 Å². The lowest BCUT2D eigenvalue weighted by Gasteiger charge is -2.28. The van der Waals surface area contributed by atoms with Crippen LogP contribution in [0.1, 0.15) is 34.6 Å². The molecule has 26 heavy (non-hydrogen) atoms. The summed E-state index contributed by atoms with van der Waals surface area (Å²) in [4.78, 5) is 50.0. The molecule has 2 aliphatic rings. The Balaban J connectivity index is 2.09. The monoisotopic (exact) mass is 358 g/mol. The van der Waals surface area contributed by atoms with Gasteiger partial charge in [0.15, 0.2) is 0 Å². The van der Waals surface area contributed by atoms with E-state index in [1.807, 2.05) is 0 Å². The van der Waals surface area contributed by atoms with Crippen molar-refractivity contribution in [3.05, 3.63) is 12.1 Å². The van der Waals surface area contributed by atoms with Crippen LogP contribution in [0.3, 0.4) is 0 Å². The van der Waals surface area contributed by atoms with E-state index in [1.165, 1.54) is 26.0 Å². The summed E-state index contributed by atoms with van der Waals surface area (Å²) < 4.78 is 0. The van der Waals surface area contributed by atoms with Gasteiger partial charge in [-0.1, -0.05) is 13.8 Å². The number of rotatable bonds is 1. The van der Waals surface area contributed by atoms with Crippen molar-refractivity contribution in [3.63, 3.8) is 0 Å².